The van der Waals surface area contributed by atoms with Crippen LogP contribution in [-0.2, 0) is 13.0 Å². The lowest BCUT2D eigenvalue weighted by molar-refractivity contribution is 0.397. The monoisotopic (exact) mass is 258 g/mol. The minimum Gasteiger partial charge on any atom is -0.481 e. The molecule has 2 aromatic rings. The third-order valence-corrected chi connectivity index (χ3v) is 3.43. The average Bonchev–Trinajstić information content (AvgIpc) is 2.75. The van der Waals surface area contributed by atoms with Crippen molar-refractivity contribution in [3.8, 4) is 11.7 Å². The molecule has 0 spiro atoms. The predicted molar refractivity (Wildman–Crippen MR) is 74.0 cm³/mol. The van der Waals surface area contributed by atoms with Crippen molar-refractivity contribution < 1.29 is 4.74 Å². The summed E-state index contributed by atoms with van der Waals surface area (Å²) in [5.41, 5.74) is 3.30. The fraction of sp³-hybridized carbons (Fsp3) is 0.429. The van der Waals surface area contributed by atoms with Gasteiger partial charge in [0.25, 0.3) is 0 Å². The van der Waals surface area contributed by atoms with Crippen LogP contribution < -0.4 is 10.1 Å². The molecule has 3 rings (SSSR count). The first-order chi connectivity index (χ1) is 9.24. The Hall–Kier alpha value is -2.04. The summed E-state index contributed by atoms with van der Waals surface area (Å²) < 4.78 is 7.40. The lowest BCUT2D eigenvalue weighted by Crippen LogP contribution is -2.18. The van der Waals surface area contributed by atoms with Crippen molar-refractivity contribution in [2.24, 2.45) is 0 Å². The van der Waals surface area contributed by atoms with E-state index >= 15 is 0 Å². The van der Waals surface area contributed by atoms with Crippen molar-refractivity contribution in [1.82, 2.24) is 14.5 Å². The van der Waals surface area contributed by atoms with Crippen LogP contribution in [0.3, 0.4) is 0 Å². The zero-order valence-electron chi connectivity index (χ0n) is 11.5. The normalized spacial score (nSPS) is 12.6. The van der Waals surface area contributed by atoms with E-state index in [4.69, 9.17) is 4.74 Å². The van der Waals surface area contributed by atoms with Crippen molar-refractivity contribution >= 4 is 5.69 Å². The molecule has 0 bridgehead atoms. The summed E-state index contributed by atoms with van der Waals surface area (Å²) in [7, 11) is 1.64. The van der Waals surface area contributed by atoms with Crippen molar-refractivity contribution in [3.63, 3.8) is 0 Å². The smallest absolute Gasteiger partial charge is 0.215 e. The van der Waals surface area contributed by atoms with Gasteiger partial charge in [0.2, 0.25) is 5.88 Å². The molecule has 1 aliphatic rings. The Bertz CT molecular complexity index is 618. The highest BCUT2D eigenvalue weighted by atomic mass is 16.5. The molecule has 1 aliphatic heterocycles. The number of aromatic nitrogens is 3. The van der Waals surface area contributed by atoms with Gasteiger partial charge in [-0.3, -0.25) is 4.57 Å². The summed E-state index contributed by atoms with van der Waals surface area (Å²) in [6.07, 6.45) is 2.03. The zero-order valence-corrected chi connectivity index (χ0v) is 11.5. The van der Waals surface area contributed by atoms with E-state index in [0.29, 0.717) is 5.88 Å². The Morgan fingerprint density at radius 1 is 1.37 bits per heavy atom. The summed E-state index contributed by atoms with van der Waals surface area (Å²) in [4.78, 5) is 9.25. The molecule has 0 aromatic carbocycles. The van der Waals surface area contributed by atoms with Crippen LogP contribution in [-0.4, -0.2) is 21.6 Å². The average molecular weight is 258 g/mol. The Morgan fingerprint density at radius 2 is 2.21 bits per heavy atom. The van der Waals surface area contributed by atoms with Crippen LogP contribution in [0.25, 0.3) is 5.82 Å². The standard InChI is InChI=1S/C14H18N4O/c1-4-5-12-16-9(2)11-8-15-10-6-7-13(19-3)17-14(10)18(11)12/h6-7,15H,4-5,8H2,1-3H3. The van der Waals surface area contributed by atoms with Crippen LogP contribution in [0.15, 0.2) is 12.1 Å². The maximum Gasteiger partial charge on any atom is 0.215 e. The minimum atomic E-state index is 0.627. The highest BCUT2D eigenvalue weighted by Gasteiger charge is 2.23. The quantitative estimate of drug-likeness (QED) is 0.918. The predicted octanol–water partition coefficient (Wildman–Crippen LogP) is 2.46. The van der Waals surface area contributed by atoms with E-state index in [1.165, 1.54) is 5.69 Å². The molecular formula is C14H18N4O. The molecule has 2 aromatic heterocycles. The van der Waals surface area contributed by atoms with Gasteiger partial charge in [0.15, 0.2) is 5.82 Å². The number of anilines is 1. The first-order valence-electron chi connectivity index (χ1n) is 6.61. The topological polar surface area (TPSA) is 52.0 Å². The Morgan fingerprint density at radius 3 is 2.95 bits per heavy atom. The fourth-order valence-electron chi connectivity index (χ4n) is 2.51. The third kappa shape index (κ3) is 1.85. The molecule has 0 saturated heterocycles. The number of hydrogen-bond acceptors (Lipinski definition) is 4. The summed E-state index contributed by atoms with van der Waals surface area (Å²) in [5, 5.41) is 3.39. The van der Waals surface area contributed by atoms with Crippen molar-refractivity contribution in [2.75, 3.05) is 12.4 Å². The van der Waals surface area contributed by atoms with E-state index in [2.05, 4.69) is 33.7 Å². The summed E-state index contributed by atoms with van der Waals surface area (Å²) in [6, 6.07) is 3.88. The van der Waals surface area contributed by atoms with Crippen LogP contribution in [0.2, 0.25) is 0 Å². The second-order valence-corrected chi connectivity index (χ2v) is 4.72. The van der Waals surface area contributed by atoms with Crippen LogP contribution in [0.4, 0.5) is 5.69 Å². The number of methoxy groups -OCH3 is 1. The number of hydrogen-bond donors (Lipinski definition) is 1. The number of nitrogens with zero attached hydrogens (tertiary/aromatic N) is 3. The van der Waals surface area contributed by atoms with Gasteiger partial charge in [-0.2, -0.15) is 4.98 Å². The second-order valence-electron chi connectivity index (χ2n) is 4.72. The molecule has 1 N–H and O–H groups in total. The number of nitrogens with one attached hydrogen (secondary N) is 1. The molecule has 0 amide bonds. The molecular weight excluding hydrogens is 240 g/mol. The minimum absolute atomic E-state index is 0.627. The van der Waals surface area contributed by atoms with Gasteiger partial charge in [0.05, 0.1) is 30.7 Å². The lowest BCUT2D eigenvalue weighted by Gasteiger charge is -2.22. The SMILES string of the molecule is CCCc1nc(C)c2n1-c1nc(OC)ccc1NC2. The summed E-state index contributed by atoms with van der Waals surface area (Å²) >= 11 is 0. The molecule has 0 fully saturated rings. The van der Waals surface area contributed by atoms with E-state index in [0.717, 1.165) is 42.4 Å². The van der Waals surface area contributed by atoms with E-state index in [-0.39, 0.29) is 0 Å². The molecule has 19 heavy (non-hydrogen) atoms. The summed E-state index contributed by atoms with van der Waals surface area (Å²) in [5.74, 6) is 2.60. The first-order valence-corrected chi connectivity index (χ1v) is 6.61. The molecule has 5 nitrogen and oxygen atoms in total. The zero-order chi connectivity index (χ0) is 13.4. The molecule has 0 aliphatic carbocycles. The lowest BCUT2D eigenvalue weighted by atomic mass is 10.2. The van der Waals surface area contributed by atoms with Gasteiger partial charge in [-0.05, 0) is 19.4 Å². The van der Waals surface area contributed by atoms with Gasteiger partial charge in [-0.25, -0.2) is 4.98 Å². The van der Waals surface area contributed by atoms with Gasteiger partial charge >= 0.3 is 0 Å². The van der Waals surface area contributed by atoms with Gasteiger partial charge < -0.3 is 10.1 Å². The number of pyridine rings is 1. The van der Waals surface area contributed by atoms with Gasteiger partial charge in [-0.15, -0.1) is 0 Å². The summed E-state index contributed by atoms with van der Waals surface area (Å²) in [6.45, 7) is 5.01. The van der Waals surface area contributed by atoms with Crippen LogP contribution in [0, 0.1) is 6.92 Å². The number of ether oxygens (including phenoxy) is 1. The number of fused-ring (bicyclic) bond motifs is 3. The van der Waals surface area contributed by atoms with Crippen molar-refractivity contribution in [1.29, 1.82) is 0 Å². The highest BCUT2D eigenvalue weighted by Crippen LogP contribution is 2.30. The number of rotatable bonds is 3. The van der Waals surface area contributed by atoms with Gasteiger partial charge in [-0.1, -0.05) is 6.92 Å². The Balaban J connectivity index is 2.20. The van der Waals surface area contributed by atoms with Crippen LogP contribution in [0.5, 0.6) is 5.88 Å². The highest BCUT2D eigenvalue weighted by molar-refractivity contribution is 5.62. The first kappa shape index (κ1) is 12.0. The molecule has 5 heteroatoms. The maximum absolute atomic E-state index is 5.23. The van der Waals surface area contributed by atoms with Gasteiger partial charge in [0, 0.05) is 12.5 Å². The molecule has 0 atom stereocenters. The van der Waals surface area contributed by atoms with E-state index in [9.17, 15) is 0 Å². The maximum atomic E-state index is 5.23. The molecule has 3 heterocycles. The van der Waals surface area contributed by atoms with E-state index in [1.54, 1.807) is 7.11 Å². The molecule has 0 unspecified atom stereocenters. The second kappa shape index (κ2) is 4.57. The van der Waals surface area contributed by atoms with Crippen molar-refractivity contribution in [3.05, 3.63) is 29.3 Å². The molecule has 0 radical (unpaired) electrons. The van der Waals surface area contributed by atoms with Gasteiger partial charge in [0.1, 0.15) is 5.82 Å². The Kier molecular flexibility index (Phi) is 2.89. The third-order valence-electron chi connectivity index (χ3n) is 3.43. The largest absolute Gasteiger partial charge is 0.481 e. The molecule has 0 saturated carbocycles. The Labute approximate surface area is 112 Å². The fourth-order valence-corrected chi connectivity index (χ4v) is 2.51. The van der Waals surface area contributed by atoms with Crippen molar-refractivity contribution in [2.45, 2.75) is 33.2 Å². The van der Waals surface area contributed by atoms with E-state index < -0.39 is 0 Å². The van der Waals surface area contributed by atoms with Crippen LogP contribution >= 0.6 is 0 Å². The van der Waals surface area contributed by atoms with Crippen LogP contribution in [0.1, 0.15) is 30.6 Å². The number of aryl methyl sites for hydroxylation is 2. The van der Waals surface area contributed by atoms with E-state index in [1.807, 2.05) is 12.1 Å². The molecule has 100 valence electrons. The number of imidazole rings is 1.